The van der Waals surface area contributed by atoms with Crippen molar-refractivity contribution in [3.8, 4) is 0 Å². The predicted octanol–water partition coefficient (Wildman–Crippen LogP) is 3.79. The second kappa shape index (κ2) is 5.53. The molecule has 3 rings (SSSR count). The molecule has 1 aromatic rings. The van der Waals surface area contributed by atoms with Crippen LogP contribution < -0.4 is 4.90 Å². The van der Waals surface area contributed by atoms with Gasteiger partial charge in [0.25, 0.3) is 0 Å². The van der Waals surface area contributed by atoms with E-state index in [-0.39, 0.29) is 5.82 Å². The molecule has 4 heteroatoms. The summed E-state index contributed by atoms with van der Waals surface area (Å²) in [6.45, 7) is 7.58. The number of hydrogen-bond donors (Lipinski definition) is 0. The maximum absolute atomic E-state index is 14.2. The third-order valence-corrected chi connectivity index (χ3v) is 4.95. The number of anilines is 1. The Morgan fingerprint density at radius 1 is 1.30 bits per heavy atom. The molecule has 20 heavy (non-hydrogen) atoms. The predicted molar refractivity (Wildman–Crippen MR) is 82.0 cm³/mol. The first kappa shape index (κ1) is 14.2. The Kier molecular flexibility index (Phi) is 3.91. The lowest BCUT2D eigenvalue weighted by molar-refractivity contribution is 0.176. The number of piperazine rings is 1. The van der Waals surface area contributed by atoms with Crippen LogP contribution in [0.2, 0.25) is 5.02 Å². The minimum absolute atomic E-state index is 0.161. The number of halogens is 2. The molecular formula is C16H22ClFN2. The highest BCUT2D eigenvalue weighted by Gasteiger charge is 2.38. The Morgan fingerprint density at radius 3 is 2.85 bits per heavy atom. The normalized spacial score (nSPS) is 27.1. The van der Waals surface area contributed by atoms with E-state index in [1.807, 2.05) is 0 Å². The van der Waals surface area contributed by atoms with Crippen molar-refractivity contribution in [1.29, 1.82) is 0 Å². The van der Waals surface area contributed by atoms with E-state index in [1.165, 1.54) is 25.5 Å². The molecule has 0 N–H and O–H groups in total. The zero-order valence-electron chi connectivity index (χ0n) is 12.1. The standard InChI is InChI=1S/C16H22ClFN2/c1-11(2)16-10-19-7-3-4-13(19)9-20(16)15-8-12(17)5-6-14(15)18/h5-6,8,11,13,16H,3-4,7,9-10H2,1-2H3. The molecule has 2 fully saturated rings. The molecule has 0 aliphatic carbocycles. The van der Waals surface area contributed by atoms with Crippen LogP contribution in [0.5, 0.6) is 0 Å². The summed E-state index contributed by atoms with van der Waals surface area (Å²) in [6.07, 6.45) is 2.49. The van der Waals surface area contributed by atoms with Crippen LogP contribution in [-0.2, 0) is 0 Å². The third kappa shape index (κ3) is 2.53. The lowest BCUT2D eigenvalue weighted by atomic mass is 9.96. The zero-order valence-corrected chi connectivity index (χ0v) is 12.9. The highest BCUT2D eigenvalue weighted by molar-refractivity contribution is 6.30. The molecule has 0 spiro atoms. The van der Waals surface area contributed by atoms with Crippen molar-refractivity contribution >= 4 is 17.3 Å². The van der Waals surface area contributed by atoms with Gasteiger partial charge in [-0.05, 0) is 43.5 Å². The Hall–Kier alpha value is -0.800. The van der Waals surface area contributed by atoms with E-state index in [9.17, 15) is 4.39 Å². The molecule has 0 radical (unpaired) electrons. The summed E-state index contributed by atoms with van der Waals surface area (Å²) in [5, 5.41) is 0.609. The van der Waals surface area contributed by atoms with Crippen LogP contribution >= 0.6 is 11.6 Å². The number of fused-ring (bicyclic) bond motifs is 1. The van der Waals surface area contributed by atoms with Gasteiger partial charge in [-0.1, -0.05) is 25.4 Å². The van der Waals surface area contributed by atoms with E-state index >= 15 is 0 Å². The second-order valence-electron chi connectivity index (χ2n) is 6.35. The highest BCUT2D eigenvalue weighted by Crippen LogP contribution is 2.33. The Labute approximate surface area is 125 Å². The molecule has 0 bridgehead atoms. The fourth-order valence-electron chi connectivity index (χ4n) is 3.60. The first-order valence-electron chi connectivity index (χ1n) is 7.52. The molecule has 2 nitrogen and oxygen atoms in total. The van der Waals surface area contributed by atoms with Crippen molar-refractivity contribution in [3.63, 3.8) is 0 Å². The number of hydrogen-bond acceptors (Lipinski definition) is 2. The molecule has 0 saturated carbocycles. The SMILES string of the molecule is CC(C)C1CN2CCCC2CN1c1cc(Cl)ccc1F. The van der Waals surface area contributed by atoms with Gasteiger partial charge in [0.15, 0.2) is 0 Å². The van der Waals surface area contributed by atoms with E-state index in [0.29, 0.717) is 28.7 Å². The van der Waals surface area contributed by atoms with Gasteiger partial charge in [0.05, 0.1) is 5.69 Å². The summed E-state index contributed by atoms with van der Waals surface area (Å²) in [6, 6.07) is 5.81. The Balaban J connectivity index is 1.93. The van der Waals surface area contributed by atoms with Crippen molar-refractivity contribution in [2.45, 2.75) is 38.8 Å². The molecule has 0 amide bonds. The van der Waals surface area contributed by atoms with E-state index in [1.54, 1.807) is 12.1 Å². The summed E-state index contributed by atoms with van der Waals surface area (Å²) < 4.78 is 14.2. The molecule has 2 unspecified atom stereocenters. The molecule has 2 aliphatic heterocycles. The maximum Gasteiger partial charge on any atom is 0.146 e. The summed E-state index contributed by atoms with van der Waals surface area (Å²) in [5.41, 5.74) is 0.669. The summed E-state index contributed by atoms with van der Waals surface area (Å²) in [4.78, 5) is 4.82. The number of benzene rings is 1. The highest BCUT2D eigenvalue weighted by atomic mass is 35.5. The summed E-state index contributed by atoms with van der Waals surface area (Å²) >= 11 is 6.07. The average Bonchev–Trinajstić information content (AvgIpc) is 2.87. The van der Waals surface area contributed by atoms with Crippen LogP contribution in [0, 0.1) is 11.7 Å². The molecule has 110 valence electrons. The molecular weight excluding hydrogens is 275 g/mol. The molecule has 2 atom stereocenters. The topological polar surface area (TPSA) is 6.48 Å². The lowest BCUT2D eigenvalue weighted by Gasteiger charge is -2.46. The van der Waals surface area contributed by atoms with Gasteiger partial charge in [0.2, 0.25) is 0 Å². The fraction of sp³-hybridized carbons (Fsp3) is 0.625. The molecule has 1 aromatic carbocycles. The molecule has 2 heterocycles. The van der Waals surface area contributed by atoms with E-state index in [4.69, 9.17) is 11.6 Å². The monoisotopic (exact) mass is 296 g/mol. The number of rotatable bonds is 2. The van der Waals surface area contributed by atoms with Crippen LogP contribution in [0.1, 0.15) is 26.7 Å². The lowest BCUT2D eigenvalue weighted by Crippen LogP contribution is -2.58. The van der Waals surface area contributed by atoms with Crippen LogP contribution in [0.25, 0.3) is 0 Å². The van der Waals surface area contributed by atoms with Gasteiger partial charge in [0.1, 0.15) is 5.82 Å². The molecule has 2 aliphatic rings. The third-order valence-electron chi connectivity index (χ3n) is 4.72. The van der Waals surface area contributed by atoms with Gasteiger partial charge in [-0.15, -0.1) is 0 Å². The van der Waals surface area contributed by atoms with Crippen molar-refractivity contribution in [2.24, 2.45) is 5.92 Å². The van der Waals surface area contributed by atoms with E-state index < -0.39 is 0 Å². The molecule has 2 saturated heterocycles. The summed E-state index contributed by atoms with van der Waals surface area (Å²) in [5.74, 6) is 0.335. The minimum Gasteiger partial charge on any atom is -0.363 e. The van der Waals surface area contributed by atoms with Crippen LogP contribution in [-0.4, -0.2) is 36.6 Å². The Bertz CT molecular complexity index is 491. The smallest absolute Gasteiger partial charge is 0.146 e. The average molecular weight is 297 g/mol. The second-order valence-corrected chi connectivity index (χ2v) is 6.79. The van der Waals surface area contributed by atoms with Gasteiger partial charge >= 0.3 is 0 Å². The maximum atomic E-state index is 14.2. The van der Waals surface area contributed by atoms with Crippen molar-refractivity contribution in [3.05, 3.63) is 29.0 Å². The minimum atomic E-state index is -0.161. The van der Waals surface area contributed by atoms with Crippen LogP contribution in [0.3, 0.4) is 0 Å². The molecule has 0 aromatic heterocycles. The first-order chi connectivity index (χ1) is 9.56. The Morgan fingerprint density at radius 2 is 2.10 bits per heavy atom. The zero-order chi connectivity index (χ0) is 14.3. The van der Waals surface area contributed by atoms with Gasteiger partial charge in [-0.3, -0.25) is 4.90 Å². The number of nitrogens with zero attached hydrogens (tertiary/aromatic N) is 2. The summed E-state index contributed by atoms with van der Waals surface area (Å²) in [7, 11) is 0. The fourth-order valence-corrected chi connectivity index (χ4v) is 3.76. The van der Waals surface area contributed by atoms with Crippen molar-refractivity contribution < 1.29 is 4.39 Å². The van der Waals surface area contributed by atoms with Crippen LogP contribution in [0.15, 0.2) is 18.2 Å². The van der Waals surface area contributed by atoms with Gasteiger partial charge in [-0.25, -0.2) is 4.39 Å². The van der Waals surface area contributed by atoms with Gasteiger partial charge < -0.3 is 4.90 Å². The quantitative estimate of drug-likeness (QED) is 0.819. The van der Waals surface area contributed by atoms with Crippen molar-refractivity contribution in [1.82, 2.24) is 4.90 Å². The van der Waals surface area contributed by atoms with E-state index in [0.717, 1.165) is 13.1 Å². The largest absolute Gasteiger partial charge is 0.363 e. The van der Waals surface area contributed by atoms with Crippen LogP contribution in [0.4, 0.5) is 10.1 Å². The first-order valence-corrected chi connectivity index (χ1v) is 7.90. The van der Waals surface area contributed by atoms with Crippen molar-refractivity contribution in [2.75, 3.05) is 24.5 Å². The van der Waals surface area contributed by atoms with E-state index in [2.05, 4.69) is 23.6 Å². The van der Waals surface area contributed by atoms with Gasteiger partial charge in [-0.2, -0.15) is 0 Å². The van der Waals surface area contributed by atoms with Gasteiger partial charge in [0, 0.05) is 30.2 Å².